The first kappa shape index (κ1) is 14.8. The van der Waals surface area contributed by atoms with Crippen molar-refractivity contribution in [3.05, 3.63) is 23.3 Å². The van der Waals surface area contributed by atoms with E-state index in [0.29, 0.717) is 12.5 Å². The van der Waals surface area contributed by atoms with Crippen LogP contribution in [0.5, 0.6) is 0 Å². The number of anilines is 1. The lowest BCUT2D eigenvalue weighted by atomic mass is 10.2. The first-order valence-electron chi connectivity index (χ1n) is 7.96. The van der Waals surface area contributed by atoms with Gasteiger partial charge < -0.3 is 4.52 Å². The molecule has 0 bridgehead atoms. The first-order valence-corrected chi connectivity index (χ1v) is 8.84. The molecule has 4 rings (SSSR count). The second-order valence-corrected chi connectivity index (χ2v) is 7.03. The fraction of sp³-hybridized carbons (Fsp3) is 0.600. The van der Waals surface area contributed by atoms with Crippen LogP contribution in [0.15, 0.2) is 16.1 Å². The quantitative estimate of drug-likeness (QED) is 0.835. The highest BCUT2D eigenvalue weighted by Crippen LogP contribution is 2.40. The van der Waals surface area contributed by atoms with Crippen molar-refractivity contribution in [1.29, 1.82) is 0 Å². The van der Waals surface area contributed by atoms with Gasteiger partial charge in [-0.15, -0.1) is 11.3 Å². The van der Waals surface area contributed by atoms with Crippen LogP contribution in [0.25, 0.3) is 0 Å². The van der Waals surface area contributed by atoms with Gasteiger partial charge in [0.15, 0.2) is 11.0 Å². The molecule has 23 heavy (non-hydrogen) atoms. The second kappa shape index (κ2) is 6.01. The Morgan fingerprint density at radius 1 is 1.48 bits per heavy atom. The van der Waals surface area contributed by atoms with E-state index in [1.807, 2.05) is 5.38 Å². The molecule has 1 saturated carbocycles. The Labute approximate surface area is 138 Å². The lowest BCUT2D eigenvalue weighted by Gasteiger charge is -2.23. The summed E-state index contributed by atoms with van der Waals surface area (Å²) in [7, 11) is 1.77. The maximum absolute atomic E-state index is 12.5. The van der Waals surface area contributed by atoms with Gasteiger partial charge in [-0.1, -0.05) is 5.16 Å². The van der Waals surface area contributed by atoms with Crippen molar-refractivity contribution >= 4 is 22.4 Å². The van der Waals surface area contributed by atoms with Gasteiger partial charge in [0.1, 0.15) is 0 Å². The summed E-state index contributed by atoms with van der Waals surface area (Å²) in [6.45, 7) is 1.24. The highest BCUT2D eigenvalue weighted by molar-refractivity contribution is 7.13. The average Bonchev–Trinajstić information content (AvgIpc) is 3.02. The molecule has 8 heteroatoms. The Morgan fingerprint density at radius 3 is 3.09 bits per heavy atom. The summed E-state index contributed by atoms with van der Waals surface area (Å²) in [5.74, 6) is 1.99. The molecule has 7 nitrogen and oxygen atoms in total. The van der Waals surface area contributed by atoms with E-state index >= 15 is 0 Å². The molecular formula is C15H19N5O2S. The molecule has 0 spiro atoms. The molecule has 1 aliphatic heterocycles. The maximum atomic E-state index is 12.5. The van der Waals surface area contributed by atoms with Crippen molar-refractivity contribution < 1.29 is 9.32 Å². The van der Waals surface area contributed by atoms with Gasteiger partial charge in [-0.3, -0.25) is 14.6 Å². The highest BCUT2D eigenvalue weighted by Gasteiger charge is 2.35. The van der Waals surface area contributed by atoms with E-state index in [1.165, 1.54) is 11.3 Å². The summed E-state index contributed by atoms with van der Waals surface area (Å²) in [5.41, 5.74) is 0. The third-order valence-electron chi connectivity index (χ3n) is 4.46. The van der Waals surface area contributed by atoms with Gasteiger partial charge in [0.25, 0.3) is 0 Å². The zero-order valence-corrected chi connectivity index (χ0v) is 13.8. The Kier molecular flexibility index (Phi) is 3.86. The largest absolute Gasteiger partial charge is 0.339 e. The number of nitrogens with zero attached hydrogens (tertiary/aromatic N) is 5. The normalized spacial score (nSPS) is 21.7. The molecule has 2 aromatic rings. The molecule has 1 amide bonds. The van der Waals surface area contributed by atoms with Crippen LogP contribution in [0.3, 0.4) is 0 Å². The first-order chi connectivity index (χ1) is 11.2. The van der Waals surface area contributed by atoms with Crippen LogP contribution in [0.2, 0.25) is 0 Å². The molecular weight excluding hydrogens is 314 g/mol. The minimum atomic E-state index is 0.0396. The van der Waals surface area contributed by atoms with E-state index in [2.05, 4.69) is 20.0 Å². The van der Waals surface area contributed by atoms with E-state index in [0.717, 1.165) is 49.1 Å². The fourth-order valence-corrected chi connectivity index (χ4v) is 3.58. The van der Waals surface area contributed by atoms with Gasteiger partial charge >= 0.3 is 0 Å². The van der Waals surface area contributed by atoms with Crippen molar-refractivity contribution in [2.45, 2.75) is 37.6 Å². The summed E-state index contributed by atoms with van der Waals surface area (Å²) in [6.07, 6.45) is 6.02. The number of hydrogen-bond acceptors (Lipinski definition) is 7. The van der Waals surface area contributed by atoms with Crippen LogP contribution in [-0.4, -0.2) is 46.1 Å². The second-order valence-electron chi connectivity index (χ2n) is 6.16. The van der Waals surface area contributed by atoms with Gasteiger partial charge in [0.05, 0.1) is 12.6 Å². The minimum absolute atomic E-state index is 0.0396. The van der Waals surface area contributed by atoms with Crippen molar-refractivity contribution in [1.82, 2.24) is 20.0 Å². The number of amides is 1. The minimum Gasteiger partial charge on any atom is -0.339 e. The molecule has 1 atom stereocenters. The highest BCUT2D eigenvalue weighted by atomic mass is 32.1. The molecule has 0 unspecified atom stereocenters. The van der Waals surface area contributed by atoms with Gasteiger partial charge in [-0.05, 0) is 32.2 Å². The zero-order valence-electron chi connectivity index (χ0n) is 13.0. The topological polar surface area (TPSA) is 75.4 Å². The molecule has 2 aromatic heterocycles. The Balaban J connectivity index is 1.43. The van der Waals surface area contributed by atoms with Crippen LogP contribution < -0.4 is 4.90 Å². The Hall–Kier alpha value is -1.80. The van der Waals surface area contributed by atoms with Crippen LogP contribution >= 0.6 is 11.3 Å². The molecule has 122 valence electrons. The number of rotatable bonds is 5. The lowest BCUT2D eigenvalue weighted by Crippen LogP contribution is -2.38. The summed E-state index contributed by atoms with van der Waals surface area (Å²) in [5, 5.41) is 6.74. The number of hydrogen-bond donors (Lipinski definition) is 0. The van der Waals surface area contributed by atoms with E-state index in [-0.39, 0.29) is 11.9 Å². The standard InChI is InChI=1S/C15H19N5O2S/c1-19(15-16-6-8-23-15)12(21)9-20-7-2-3-11(20)13-17-14(22-18-13)10-4-5-10/h6,8,10-11H,2-5,7,9H2,1H3/t11-/m0/s1. The molecule has 1 saturated heterocycles. The maximum Gasteiger partial charge on any atom is 0.242 e. The number of likely N-dealkylation sites (tertiary alicyclic amines) is 1. The van der Waals surface area contributed by atoms with Crippen LogP contribution in [0.1, 0.15) is 49.4 Å². The molecule has 3 heterocycles. The number of aromatic nitrogens is 3. The van der Waals surface area contributed by atoms with Crippen LogP contribution in [0.4, 0.5) is 5.13 Å². The molecule has 1 aliphatic carbocycles. The van der Waals surface area contributed by atoms with Crippen molar-refractivity contribution in [3.63, 3.8) is 0 Å². The summed E-state index contributed by atoms with van der Waals surface area (Å²) in [4.78, 5) is 25.0. The molecule has 0 aromatic carbocycles. The Bertz CT molecular complexity index is 682. The molecule has 2 fully saturated rings. The summed E-state index contributed by atoms with van der Waals surface area (Å²) >= 11 is 1.46. The predicted octanol–water partition coefficient (Wildman–Crippen LogP) is 2.20. The summed E-state index contributed by atoms with van der Waals surface area (Å²) in [6, 6.07) is 0.0832. The van der Waals surface area contributed by atoms with E-state index in [1.54, 1.807) is 18.1 Å². The fourth-order valence-electron chi connectivity index (χ4n) is 2.95. The number of carbonyl (C=O) groups excluding carboxylic acids is 1. The third-order valence-corrected chi connectivity index (χ3v) is 5.31. The lowest BCUT2D eigenvalue weighted by molar-refractivity contribution is -0.119. The Morgan fingerprint density at radius 2 is 2.35 bits per heavy atom. The smallest absolute Gasteiger partial charge is 0.242 e. The molecule has 0 radical (unpaired) electrons. The monoisotopic (exact) mass is 333 g/mol. The van der Waals surface area contributed by atoms with E-state index < -0.39 is 0 Å². The third kappa shape index (κ3) is 3.00. The van der Waals surface area contributed by atoms with Crippen molar-refractivity contribution in [2.24, 2.45) is 0 Å². The summed E-state index contributed by atoms with van der Waals surface area (Å²) < 4.78 is 5.37. The number of carbonyl (C=O) groups is 1. The predicted molar refractivity (Wildman–Crippen MR) is 85.3 cm³/mol. The van der Waals surface area contributed by atoms with E-state index in [9.17, 15) is 4.79 Å². The number of thiazole rings is 1. The van der Waals surface area contributed by atoms with Crippen LogP contribution in [-0.2, 0) is 4.79 Å². The van der Waals surface area contributed by atoms with Crippen molar-refractivity contribution in [2.75, 3.05) is 25.0 Å². The molecule has 2 aliphatic rings. The van der Waals surface area contributed by atoms with E-state index in [4.69, 9.17) is 4.52 Å². The average molecular weight is 333 g/mol. The zero-order chi connectivity index (χ0) is 15.8. The van der Waals surface area contributed by atoms with Gasteiger partial charge in [0.2, 0.25) is 11.8 Å². The number of likely N-dealkylation sites (N-methyl/N-ethyl adjacent to an activating group) is 1. The van der Waals surface area contributed by atoms with Crippen LogP contribution in [0, 0.1) is 0 Å². The van der Waals surface area contributed by atoms with Crippen molar-refractivity contribution in [3.8, 4) is 0 Å². The SMILES string of the molecule is CN(C(=O)CN1CCC[C@H]1c1noc(C2CC2)n1)c1nccs1. The van der Waals surface area contributed by atoms with Gasteiger partial charge in [-0.25, -0.2) is 4.98 Å². The van der Waals surface area contributed by atoms with Gasteiger partial charge in [-0.2, -0.15) is 4.98 Å². The van der Waals surface area contributed by atoms with Gasteiger partial charge in [0, 0.05) is 24.5 Å². The molecule has 0 N–H and O–H groups in total.